The highest BCUT2D eigenvalue weighted by atomic mass is 16.5. The maximum atomic E-state index is 5.93. The van der Waals surface area contributed by atoms with E-state index in [1.807, 2.05) is 31.2 Å². The highest BCUT2D eigenvalue weighted by molar-refractivity contribution is 5.63. The third-order valence-corrected chi connectivity index (χ3v) is 3.18. The number of hydrogen-bond acceptors (Lipinski definition) is 5. The van der Waals surface area contributed by atoms with Gasteiger partial charge in [0.05, 0.1) is 18.6 Å². The van der Waals surface area contributed by atoms with E-state index in [1.54, 1.807) is 7.11 Å². The number of aromatic nitrogens is 2. The Morgan fingerprint density at radius 1 is 1.37 bits per heavy atom. The van der Waals surface area contributed by atoms with E-state index in [2.05, 4.69) is 17.1 Å². The molecular weight excluding hydrogens is 242 g/mol. The summed E-state index contributed by atoms with van der Waals surface area (Å²) in [5, 5.41) is 4.02. The van der Waals surface area contributed by atoms with Crippen LogP contribution in [0.25, 0.3) is 11.4 Å². The summed E-state index contributed by atoms with van der Waals surface area (Å²) in [6, 6.07) is 7.57. The molecule has 1 aromatic heterocycles. The average molecular weight is 261 g/mol. The van der Waals surface area contributed by atoms with Gasteiger partial charge in [-0.2, -0.15) is 4.98 Å². The van der Waals surface area contributed by atoms with Crippen LogP contribution in [0.4, 0.5) is 0 Å². The van der Waals surface area contributed by atoms with Gasteiger partial charge in [-0.15, -0.1) is 0 Å². The first-order chi connectivity index (χ1) is 9.17. The molecule has 0 aliphatic heterocycles. The molecule has 1 heterocycles. The van der Waals surface area contributed by atoms with Gasteiger partial charge in [0.25, 0.3) is 0 Å². The van der Waals surface area contributed by atoms with Crippen molar-refractivity contribution in [2.75, 3.05) is 7.11 Å². The summed E-state index contributed by atoms with van der Waals surface area (Å²) in [7, 11) is 1.62. The molecule has 0 saturated heterocycles. The van der Waals surface area contributed by atoms with Crippen LogP contribution in [-0.4, -0.2) is 23.3 Å². The number of methoxy groups -OCH3 is 1. The molecule has 2 unspecified atom stereocenters. The number of benzene rings is 1. The Morgan fingerprint density at radius 2 is 2.11 bits per heavy atom. The Hall–Kier alpha value is -1.88. The van der Waals surface area contributed by atoms with Gasteiger partial charge in [0, 0.05) is 6.04 Å². The van der Waals surface area contributed by atoms with Crippen molar-refractivity contribution in [3.63, 3.8) is 0 Å². The van der Waals surface area contributed by atoms with Crippen molar-refractivity contribution in [2.45, 2.75) is 32.2 Å². The third kappa shape index (κ3) is 2.76. The highest BCUT2D eigenvalue weighted by Crippen LogP contribution is 2.29. The first-order valence-electron chi connectivity index (χ1n) is 6.40. The van der Waals surface area contributed by atoms with Gasteiger partial charge in [-0.05, 0) is 25.5 Å². The van der Waals surface area contributed by atoms with E-state index in [-0.39, 0.29) is 12.0 Å². The normalized spacial score (nSPS) is 14.1. The Labute approximate surface area is 112 Å². The van der Waals surface area contributed by atoms with Crippen molar-refractivity contribution in [3.8, 4) is 17.1 Å². The molecule has 5 nitrogen and oxygen atoms in total. The molecule has 2 rings (SSSR count). The van der Waals surface area contributed by atoms with Gasteiger partial charge in [-0.1, -0.05) is 24.2 Å². The predicted octanol–water partition coefficient (Wildman–Crippen LogP) is 2.59. The monoisotopic (exact) mass is 261 g/mol. The van der Waals surface area contributed by atoms with Gasteiger partial charge in [0.15, 0.2) is 0 Å². The maximum absolute atomic E-state index is 5.93. The molecule has 102 valence electrons. The smallest absolute Gasteiger partial charge is 0.231 e. The van der Waals surface area contributed by atoms with Crippen LogP contribution in [0, 0.1) is 0 Å². The van der Waals surface area contributed by atoms with Crippen LogP contribution >= 0.6 is 0 Å². The molecule has 1 aromatic carbocycles. The number of ether oxygens (including phenoxy) is 1. The Bertz CT molecular complexity index is 537. The van der Waals surface area contributed by atoms with Crippen molar-refractivity contribution < 1.29 is 9.26 Å². The van der Waals surface area contributed by atoms with Crippen LogP contribution in [0.3, 0.4) is 0 Å². The molecule has 19 heavy (non-hydrogen) atoms. The van der Waals surface area contributed by atoms with Crippen molar-refractivity contribution in [2.24, 2.45) is 5.73 Å². The Kier molecular flexibility index (Phi) is 4.16. The number of nitrogens with zero attached hydrogens (tertiary/aromatic N) is 2. The second kappa shape index (κ2) is 5.84. The quantitative estimate of drug-likeness (QED) is 0.895. The molecule has 0 amide bonds. The number of rotatable bonds is 5. The van der Waals surface area contributed by atoms with Crippen LogP contribution in [0.2, 0.25) is 0 Å². The lowest BCUT2D eigenvalue weighted by Gasteiger charge is -2.13. The highest BCUT2D eigenvalue weighted by Gasteiger charge is 2.22. The van der Waals surface area contributed by atoms with Gasteiger partial charge >= 0.3 is 0 Å². The summed E-state index contributed by atoms with van der Waals surface area (Å²) in [5.74, 6) is 1.92. The minimum Gasteiger partial charge on any atom is -0.496 e. The number of nitrogens with two attached hydrogens (primary N) is 1. The van der Waals surface area contributed by atoms with E-state index in [0.717, 1.165) is 17.7 Å². The summed E-state index contributed by atoms with van der Waals surface area (Å²) in [4.78, 5) is 4.44. The van der Waals surface area contributed by atoms with Crippen molar-refractivity contribution in [1.29, 1.82) is 0 Å². The fourth-order valence-corrected chi connectivity index (χ4v) is 2.10. The van der Waals surface area contributed by atoms with Crippen LogP contribution in [0.1, 0.15) is 32.1 Å². The zero-order chi connectivity index (χ0) is 13.8. The molecule has 2 N–H and O–H groups in total. The summed E-state index contributed by atoms with van der Waals surface area (Å²) in [6.45, 7) is 4.00. The topological polar surface area (TPSA) is 74.2 Å². The lowest BCUT2D eigenvalue weighted by molar-refractivity contribution is 0.334. The Morgan fingerprint density at radius 3 is 2.74 bits per heavy atom. The summed E-state index contributed by atoms with van der Waals surface area (Å²) < 4.78 is 10.6. The van der Waals surface area contributed by atoms with Crippen molar-refractivity contribution >= 4 is 0 Å². The zero-order valence-corrected chi connectivity index (χ0v) is 11.5. The van der Waals surface area contributed by atoms with E-state index in [4.69, 9.17) is 15.0 Å². The van der Waals surface area contributed by atoms with Crippen LogP contribution < -0.4 is 10.5 Å². The van der Waals surface area contributed by atoms with Crippen molar-refractivity contribution in [1.82, 2.24) is 10.1 Å². The first-order valence-corrected chi connectivity index (χ1v) is 6.40. The fraction of sp³-hybridized carbons (Fsp3) is 0.429. The standard InChI is InChI=1S/C14H19N3O2/c1-4-10(9(2)15)14-16-13(17-19-14)11-7-5-6-8-12(11)18-3/h5-10H,4,15H2,1-3H3. The van der Waals surface area contributed by atoms with E-state index in [9.17, 15) is 0 Å². The fourth-order valence-electron chi connectivity index (χ4n) is 2.10. The van der Waals surface area contributed by atoms with Gasteiger partial charge in [0.1, 0.15) is 5.75 Å². The SMILES string of the molecule is CCC(c1nc(-c2ccccc2OC)no1)C(C)N. The first kappa shape index (κ1) is 13.5. The van der Waals surface area contributed by atoms with Crippen LogP contribution in [0.5, 0.6) is 5.75 Å². The average Bonchev–Trinajstić information content (AvgIpc) is 2.88. The largest absolute Gasteiger partial charge is 0.496 e. The molecule has 0 aliphatic carbocycles. The van der Waals surface area contributed by atoms with E-state index in [0.29, 0.717) is 11.7 Å². The lowest BCUT2D eigenvalue weighted by Crippen LogP contribution is -2.24. The lowest BCUT2D eigenvalue weighted by atomic mass is 9.99. The minimum absolute atomic E-state index is 0.0176. The Balaban J connectivity index is 2.35. The molecule has 0 bridgehead atoms. The van der Waals surface area contributed by atoms with Gasteiger partial charge in [-0.25, -0.2) is 0 Å². The van der Waals surface area contributed by atoms with Gasteiger partial charge in [0.2, 0.25) is 11.7 Å². The van der Waals surface area contributed by atoms with Crippen molar-refractivity contribution in [3.05, 3.63) is 30.2 Å². The molecule has 0 aliphatic rings. The second-order valence-corrected chi connectivity index (χ2v) is 4.53. The molecular formula is C14H19N3O2. The number of hydrogen-bond donors (Lipinski definition) is 1. The summed E-state index contributed by atoms with van der Waals surface area (Å²) >= 11 is 0. The second-order valence-electron chi connectivity index (χ2n) is 4.53. The third-order valence-electron chi connectivity index (χ3n) is 3.18. The van der Waals surface area contributed by atoms with Gasteiger partial charge in [-0.3, -0.25) is 0 Å². The molecule has 2 atom stereocenters. The minimum atomic E-state index is -0.0176. The summed E-state index contributed by atoms with van der Waals surface area (Å²) in [6.07, 6.45) is 0.866. The maximum Gasteiger partial charge on any atom is 0.231 e. The summed E-state index contributed by atoms with van der Waals surface area (Å²) in [5.41, 5.74) is 6.75. The molecule has 0 fully saturated rings. The van der Waals surface area contributed by atoms with Crippen LogP contribution in [-0.2, 0) is 0 Å². The number of para-hydroxylation sites is 1. The van der Waals surface area contributed by atoms with E-state index < -0.39 is 0 Å². The predicted molar refractivity (Wildman–Crippen MR) is 73.0 cm³/mol. The molecule has 5 heteroatoms. The molecule has 0 saturated carbocycles. The van der Waals surface area contributed by atoms with E-state index in [1.165, 1.54) is 0 Å². The zero-order valence-electron chi connectivity index (χ0n) is 11.5. The molecule has 0 radical (unpaired) electrons. The van der Waals surface area contributed by atoms with Gasteiger partial charge < -0.3 is 15.0 Å². The van der Waals surface area contributed by atoms with Crippen LogP contribution in [0.15, 0.2) is 28.8 Å². The molecule has 2 aromatic rings. The van der Waals surface area contributed by atoms with E-state index >= 15 is 0 Å². The molecule has 0 spiro atoms.